The van der Waals surface area contributed by atoms with Crippen molar-refractivity contribution in [3.63, 3.8) is 0 Å². The second-order valence-electron chi connectivity index (χ2n) is 8.76. The Labute approximate surface area is 179 Å². The molecule has 7 nitrogen and oxygen atoms in total. The van der Waals surface area contributed by atoms with Gasteiger partial charge < -0.3 is 25.3 Å². The third kappa shape index (κ3) is 7.98. The molecule has 1 aromatic rings. The Balaban J connectivity index is 1.75. The van der Waals surface area contributed by atoms with Crippen molar-refractivity contribution in [1.82, 2.24) is 15.1 Å². The molecular weight excluding hydrogens is 386 g/mol. The number of benzene rings is 1. The fourth-order valence-corrected chi connectivity index (χ4v) is 3.35. The highest BCUT2D eigenvalue weighted by Crippen LogP contribution is 2.09. The number of aryl methyl sites for hydroxylation is 1. The molecule has 0 radical (unpaired) electrons. The van der Waals surface area contributed by atoms with Gasteiger partial charge in [0.15, 0.2) is 11.7 Å². The van der Waals surface area contributed by atoms with Crippen LogP contribution in [0.1, 0.15) is 26.3 Å². The first-order valence-electron chi connectivity index (χ1n) is 10.0. The highest BCUT2D eigenvalue weighted by molar-refractivity contribution is 7.80. The number of anilines is 1. The van der Waals surface area contributed by atoms with Gasteiger partial charge in [-0.2, -0.15) is 0 Å². The van der Waals surface area contributed by atoms with E-state index in [2.05, 4.69) is 10.6 Å². The predicted molar refractivity (Wildman–Crippen MR) is 120 cm³/mol. The Morgan fingerprint density at radius 1 is 1.17 bits per heavy atom. The number of thiocarbonyl (C=S) groups is 1. The summed E-state index contributed by atoms with van der Waals surface area (Å²) in [5.74, 6) is 0.110. The number of rotatable bonds is 5. The van der Waals surface area contributed by atoms with Crippen molar-refractivity contribution < 1.29 is 14.5 Å². The second-order valence-corrected chi connectivity index (χ2v) is 9.14. The van der Waals surface area contributed by atoms with Crippen LogP contribution in [0.5, 0.6) is 0 Å². The molecule has 3 N–H and O–H groups in total. The van der Waals surface area contributed by atoms with Gasteiger partial charge in [0.25, 0.3) is 5.91 Å². The summed E-state index contributed by atoms with van der Waals surface area (Å²) in [7, 11) is 1.82. The van der Waals surface area contributed by atoms with E-state index in [-0.39, 0.29) is 23.9 Å². The van der Waals surface area contributed by atoms with E-state index in [1.165, 1.54) is 10.5 Å². The third-order valence-corrected chi connectivity index (χ3v) is 5.18. The maximum atomic E-state index is 12.6. The Bertz CT molecular complexity index is 722. The molecule has 0 atom stereocenters. The molecule has 29 heavy (non-hydrogen) atoms. The average Bonchev–Trinajstić information content (AvgIpc) is 2.62. The summed E-state index contributed by atoms with van der Waals surface area (Å²) < 4.78 is 0. The molecule has 1 fully saturated rings. The summed E-state index contributed by atoms with van der Waals surface area (Å²) >= 11 is 5.42. The summed E-state index contributed by atoms with van der Waals surface area (Å²) in [5.41, 5.74) is 1.87. The van der Waals surface area contributed by atoms with E-state index in [1.807, 2.05) is 63.9 Å². The van der Waals surface area contributed by atoms with Crippen LogP contribution in [0, 0.1) is 6.92 Å². The molecule has 2 rings (SSSR count). The molecule has 0 aliphatic carbocycles. The minimum Gasteiger partial charge on any atom is -0.347 e. The molecule has 160 valence electrons. The molecule has 2 amide bonds. The number of amides is 2. The lowest BCUT2D eigenvalue weighted by Crippen LogP contribution is -3.16. The van der Waals surface area contributed by atoms with Crippen molar-refractivity contribution in [3.8, 4) is 0 Å². The van der Waals surface area contributed by atoms with Crippen LogP contribution in [0.15, 0.2) is 24.3 Å². The maximum Gasteiger partial charge on any atom is 0.275 e. The van der Waals surface area contributed by atoms with E-state index < -0.39 is 0 Å². The summed E-state index contributed by atoms with van der Waals surface area (Å²) in [6, 6.07) is 7.96. The van der Waals surface area contributed by atoms with Crippen LogP contribution >= 0.6 is 12.2 Å². The van der Waals surface area contributed by atoms with Crippen LogP contribution in [-0.2, 0) is 9.59 Å². The van der Waals surface area contributed by atoms with Crippen LogP contribution < -0.4 is 15.5 Å². The van der Waals surface area contributed by atoms with Crippen molar-refractivity contribution in [3.05, 3.63) is 29.8 Å². The molecule has 0 spiro atoms. The van der Waals surface area contributed by atoms with E-state index in [1.54, 1.807) is 4.90 Å². The van der Waals surface area contributed by atoms with Crippen molar-refractivity contribution in [2.45, 2.75) is 33.2 Å². The smallest absolute Gasteiger partial charge is 0.275 e. The first-order chi connectivity index (χ1) is 13.5. The number of quaternary nitrogens is 1. The van der Waals surface area contributed by atoms with Gasteiger partial charge in [-0.3, -0.25) is 9.59 Å². The Morgan fingerprint density at radius 2 is 1.76 bits per heavy atom. The van der Waals surface area contributed by atoms with Crippen molar-refractivity contribution in [2.24, 2.45) is 0 Å². The predicted octanol–water partition coefficient (Wildman–Crippen LogP) is 0.265. The molecular formula is C21H34N5O2S+. The van der Waals surface area contributed by atoms with Crippen LogP contribution in [-0.4, -0.2) is 78.6 Å². The molecule has 0 aromatic heterocycles. The molecule has 1 saturated heterocycles. The third-order valence-electron chi connectivity index (χ3n) is 4.77. The monoisotopic (exact) mass is 420 g/mol. The molecule has 0 bridgehead atoms. The summed E-state index contributed by atoms with van der Waals surface area (Å²) in [6.07, 6.45) is 0. The summed E-state index contributed by atoms with van der Waals surface area (Å²) in [5, 5.41) is 6.67. The van der Waals surface area contributed by atoms with E-state index in [4.69, 9.17) is 12.2 Å². The topological polar surface area (TPSA) is 69.1 Å². The lowest BCUT2D eigenvalue weighted by Gasteiger charge is -2.33. The number of hydrogen-bond donors (Lipinski definition) is 3. The van der Waals surface area contributed by atoms with E-state index in [0.29, 0.717) is 24.7 Å². The number of hydrogen-bond acceptors (Lipinski definition) is 3. The normalized spacial score (nSPS) is 15.0. The van der Waals surface area contributed by atoms with Crippen LogP contribution in [0.4, 0.5) is 5.69 Å². The van der Waals surface area contributed by atoms with Gasteiger partial charge in [-0.25, -0.2) is 0 Å². The van der Waals surface area contributed by atoms with Gasteiger partial charge in [0.05, 0.1) is 32.7 Å². The number of piperazine rings is 1. The Hall–Kier alpha value is -2.19. The number of carbonyl (C=O) groups excluding carboxylic acids is 2. The largest absolute Gasteiger partial charge is 0.347 e. The maximum absolute atomic E-state index is 12.6. The van der Waals surface area contributed by atoms with Crippen molar-refractivity contribution in [1.29, 1.82) is 0 Å². The van der Waals surface area contributed by atoms with E-state index >= 15 is 0 Å². The fraction of sp³-hybridized carbons (Fsp3) is 0.571. The lowest BCUT2D eigenvalue weighted by atomic mass is 10.1. The quantitative estimate of drug-likeness (QED) is 0.597. The van der Waals surface area contributed by atoms with Gasteiger partial charge in [-0.05, 0) is 52.0 Å². The minimum absolute atomic E-state index is 0.0544. The zero-order chi connectivity index (χ0) is 21.6. The zero-order valence-electron chi connectivity index (χ0n) is 18.2. The van der Waals surface area contributed by atoms with Crippen LogP contribution in [0.25, 0.3) is 0 Å². The van der Waals surface area contributed by atoms with Gasteiger partial charge in [-0.15, -0.1) is 0 Å². The Kier molecular flexibility index (Phi) is 7.98. The molecule has 0 saturated carbocycles. The first-order valence-corrected chi connectivity index (χ1v) is 10.5. The van der Waals surface area contributed by atoms with Gasteiger partial charge in [0, 0.05) is 18.3 Å². The molecule has 1 aliphatic rings. The van der Waals surface area contributed by atoms with E-state index in [9.17, 15) is 9.59 Å². The van der Waals surface area contributed by atoms with Gasteiger partial charge in [0.2, 0.25) is 5.91 Å². The molecule has 1 aliphatic heterocycles. The minimum atomic E-state index is -0.218. The number of carbonyl (C=O) groups is 2. The van der Waals surface area contributed by atoms with Gasteiger partial charge in [-0.1, -0.05) is 17.7 Å². The lowest BCUT2D eigenvalue weighted by molar-refractivity contribution is -0.896. The average molecular weight is 421 g/mol. The van der Waals surface area contributed by atoms with E-state index in [0.717, 1.165) is 18.8 Å². The highest BCUT2D eigenvalue weighted by Gasteiger charge is 2.27. The summed E-state index contributed by atoms with van der Waals surface area (Å²) in [6.45, 7) is 11.5. The van der Waals surface area contributed by atoms with Gasteiger partial charge in [0.1, 0.15) is 0 Å². The molecule has 8 heteroatoms. The number of nitrogens with zero attached hydrogens (tertiary/aromatic N) is 2. The standard InChI is InChI=1S/C21H33N5O2S/c1-16-6-8-17(9-7-16)22-20(29)24(5)15-19(28)26-12-10-25(11-13-26)14-18(27)23-21(2,3)4/h6-9H,10-15H2,1-5H3,(H,22,29)(H,23,27)/p+1. The van der Waals surface area contributed by atoms with Crippen molar-refractivity contribution >= 4 is 34.8 Å². The Morgan fingerprint density at radius 3 is 2.31 bits per heavy atom. The molecule has 0 unspecified atom stereocenters. The zero-order valence-corrected chi connectivity index (χ0v) is 19.0. The SMILES string of the molecule is Cc1ccc(NC(=S)N(C)CC(=O)N2CC[NH+](CC(=O)NC(C)(C)C)CC2)cc1. The molecule has 1 heterocycles. The highest BCUT2D eigenvalue weighted by atomic mass is 32.1. The fourth-order valence-electron chi connectivity index (χ4n) is 3.17. The summed E-state index contributed by atoms with van der Waals surface area (Å²) in [4.78, 5) is 29.5. The van der Waals surface area contributed by atoms with Crippen LogP contribution in [0.2, 0.25) is 0 Å². The van der Waals surface area contributed by atoms with Gasteiger partial charge >= 0.3 is 0 Å². The van der Waals surface area contributed by atoms with Crippen molar-refractivity contribution in [2.75, 3.05) is 51.6 Å². The van der Waals surface area contributed by atoms with Crippen LogP contribution in [0.3, 0.4) is 0 Å². The number of likely N-dealkylation sites (N-methyl/N-ethyl adjacent to an activating group) is 1. The molecule has 1 aromatic carbocycles. The second kappa shape index (κ2) is 10.0. The first kappa shape index (κ1) is 23.1. The number of nitrogens with one attached hydrogen (secondary N) is 3.